The van der Waals surface area contributed by atoms with E-state index in [-0.39, 0.29) is 34.4 Å². The first-order valence-corrected chi connectivity index (χ1v) is 10.7. The Bertz CT molecular complexity index is 882. The summed E-state index contributed by atoms with van der Waals surface area (Å²) in [7, 11) is -5.56. The number of aliphatic hydroxyl groups is 1. The summed E-state index contributed by atoms with van der Waals surface area (Å²) in [5.74, 6) is -3.54. The number of hydrogen-bond donors (Lipinski definition) is 7. The van der Waals surface area contributed by atoms with Crippen molar-refractivity contribution in [3.63, 3.8) is 0 Å². The van der Waals surface area contributed by atoms with Gasteiger partial charge in [0.05, 0.1) is 12.1 Å². The van der Waals surface area contributed by atoms with E-state index >= 15 is 0 Å². The number of urea groups is 1. The van der Waals surface area contributed by atoms with Crippen molar-refractivity contribution in [1.82, 2.24) is 15.2 Å². The van der Waals surface area contributed by atoms with Crippen molar-refractivity contribution < 1.29 is 43.0 Å². The quantitative estimate of drug-likeness (QED) is 0.201. The number of carboxylic acid groups (broad SMARTS) is 1. The minimum atomic E-state index is -5.56. The van der Waals surface area contributed by atoms with Crippen LogP contribution in [-0.4, -0.2) is 79.2 Å². The number of hydrogen-bond acceptors (Lipinski definition) is 8. The van der Waals surface area contributed by atoms with Gasteiger partial charge < -0.3 is 31.1 Å². The minimum Gasteiger partial charge on any atom is -0.494 e. The molecule has 5 atom stereocenters. The van der Waals surface area contributed by atoms with E-state index in [9.17, 15) is 43.0 Å². The predicted molar refractivity (Wildman–Crippen MR) is 95.7 cm³/mol. The number of aromatic hydroxyl groups is 2. The molecule has 2 aliphatic rings. The molecule has 2 fully saturated rings. The molecule has 0 radical (unpaired) electrons. The van der Waals surface area contributed by atoms with Gasteiger partial charge in [0.2, 0.25) is 0 Å². The first-order valence-electron chi connectivity index (χ1n) is 8.17. The Morgan fingerprint density at radius 3 is 2.46 bits per heavy atom. The maximum atomic E-state index is 12.1. The van der Waals surface area contributed by atoms with Crippen LogP contribution in [0.5, 0.6) is 11.8 Å². The van der Waals surface area contributed by atoms with Gasteiger partial charge in [-0.25, -0.2) is 14.2 Å². The maximum absolute atomic E-state index is 12.1. The summed E-state index contributed by atoms with van der Waals surface area (Å²) in [6, 6.07) is 0.885. The number of carbonyl (C=O) groups is 2. The summed E-state index contributed by atoms with van der Waals surface area (Å²) >= 11 is 1.46. The highest BCUT2D eigenvalue weighted by Crippen LogP contribution is 2.40. The molecule has 1 aromatic heterocycles. The normalized spacial score (nSPS) is 27.5. The monoisotopic (exact) mass is 437 g/mol. The van der Waals surface area contributed by atoms with Crippen molar-refractivity contribution in [2.45, 2.75) is 41.2 Å². The number of thioether (sulfide) groups is 1. The number of rotatable bonds is 7. The van der Waals surface area contributed by atoms with Gasteiger partial charge in [-0.1, -0.05) is 0 Å². The number of nitrogens with one attached hydrogen (secondary N) is 2. The van der Waals surface area contributed by atoms with Gasteiger partial charge in [0.15, 0.2) is 11.8 Å². The van der Waals surface area contributed by atoms with E-state index in [1.807, 2.05) is 0 Å². The van der Waals surface area contributed by atoms with Crippen molar-refractivity contribution >= 4 is 33.9 Å². The lowest BCUT2D eigenvalue weighted by Crippen LogP contribution is -2.57. The smallest absolute Gasteiger partial charge is 0.351 e. The van der Waals surface area contributed by atoms with Crippen molar-refractivity contribution in [1.29, 1.82) is 0 Å². The molecule has 1 aromatic rings. The molecule has 2 amide bonds. The second kappa shape index (κ2) is 7.02. The molecule has 0 bridgehead atoms. The molecule has 0 aromatic carbocycles. The number of aromatic nitrogens is 1. The standard InChI is InChI=1S/C14H19N3O9S2/c18-8(2-1-7-11-6(5-27-7)15-13(23)16-11)14(12(21)22,28(24,25)26)17-9(19)3-4-10(17)20/h3-4,6-8,11,18-20H,1-2,5H2,(H,21,22)(H2,15,16,23)(H,24,25,26)/t6-,7-,8?,11-,14?/m0/s1. The third kappa shape index (κ3) is 3.05. The van der Waals surface area contributed by atoms with E-state index in [0.717, 1.165) is 12.1 Å². The Balaban J connectivity index is 1.91. The van der Waals surface area contributed by atoms with Crippen LogP contribution >= 0.6 is 11.8 Å². The van der Waals surface area contributed by atoms with E-state index in [1.54, 1.807) is 0 Å². The van der Waals surface area contributed by atoms with Crippen LogP contribution in [0.4, 0.5) is 4.79 Å². The molecule has 28 heavy (non-hydrogen) atoms. The molecular formula is C14H19N3O9S2. The summed E-state index contributed by atoms with van der Waals surface area (Å²) in [5, 5.41) is 45.1. The van der Waals surface area contributed by atoms with Gasteiger partial charge in [0.1, 0.15) is 6.10 Å². The molecule has 3 rings (SSSR count). The number of nitrogens with zero attached hydrogens (tertiary/aromatic N) is 1. The number of carboxylic acids is 1. The fourth-order valence-electron chi connectivity index (χ4n) is 3.70. The maximum Gasteiger partial charge on any atom is 0.351 e. The SMILES string of the molecule is O=C1N[C@H]2[C@H](CS[C@H]2CCC(O)C(C(=O)O)(n2c(O)ccc2O)S(=O)(=O)O)N1. The molecule has 2 saturated heterocycles. The average molecular weight is 437 g/mol. The second-order valence-corrected chi connectivity index (χ2v) is 9.42. The zero-order valence-corrected chi connectivity index (χ0v) is 15.9. The van der Waals surface area contributed by atoms with Gasteiger partial charge in [0, 0.05) is 23.1 Å². The lowest BCUT2D eigenvalue weighted by Gasteiger charge is -2.33. The predicted octanol–water partition coefficient (Wildman–Crippen LogP) is -1.17. The molecule has 2 aliphatic heterocycles. The van der Waals surface area contributed by atoms with E-state index in [1.165, 1.54) is 11.8 Å². The second-order valence-electron chi connectivity index (χ2n) is 6.58. The number of aliphatic hydroxyl groups excluding tert-OH is 1. The van der Waals surface area contributed by atoms with E-state index in [0.29, 0.717) is 5.75 Å². The van der Waals surface area contributed by atoms with Crippen molar-refractivity contribution in [3.05, 3.63) is 12.1 Å². The van der Waals surface area contributed by atoms with E-state index in [2.05, 4.69) is 10.6 Å². The molecule has 0 spiro atoms. The summed E-state index contributed by atoms with van der Waals surface area (Å²) in [6.45, 7) is 0. The van der Waals surface area contributed by atoms with Crippen LogP contribution in [0.2, 0.25) is 0 Å². The number of fused-ring (bicyclic) bond motifs is 1. The Morgan fingerprint density at radius 2 is 1.93 bits per heavy atom. The first-order chi connectivity index (χ1) is 13.0. The molecule has 3 heterocycles. The van der Waals surface area contributed by atoms with E-state index in [4.69, 9.17) is 0 Å². The Labute approximate surface area is 163 Å². The van der Waals surface area contributed by atoms with Gasteiger partial charge >= 0.3 is 22.1 Å². The average Bonchev–Trinajstić information content (AvgIpc) is 3.21. The summed E-state index contributed by atoms with van der Waals surface area (Å²) in [4.78, 5) is 19.9. The lowest BCUT2D eigenvalue weighted by atomic mass is 9.99. The van der Waals surface area contributed by atoms with Gasteiger partial charge in [-0.2, -0.15) is 20.2 Å². The molecule has 156 valence electrons. The van der Waals surface area contributed by atoms with Crippen LogP contribution in [-0.2, 0) is 19.8 Å². The lowest BCUT2D eigenvalue weighted by molar-refractivity contribution is -0.148. The Hall–Kier alpha value is -2.16. The summed E-state index contributed by atoms with van der Waals surface area (Å²) in [6.07, 6.45) is -2.55. The van der Waals surface area contributed by atoms with Gasteiger partial charge in [-0.3, -0.25) is 4.55 Å². The Morgan fingerprint density at radius 1 is 1.32 bits per heavy atom. The Kier molecular flexibility index (Phi) is 5.16. The molecule has 14 heteroatoms. The highest BCUT2D eigenvalue weighted by atomic mass is 32.2. The highest BCUT2D eigenvalue weighted by molar-refractivity contribution is 8.00. The topological polar surface area (TPSA) is 198 Å². The summed E-state index contributed by atoms with van der Waals surface area (Å²) < 4.78 is 33.9. The minimum absolute atomic E-state index is 0.0544. The van der Waals surface area contributed by atoms with Crippen LogP contribution in [0.15, 0.2) is 12.1 Å². The highest BCUT2D eigenvalue weighted by Gasteiger charge is 2.60. The van der Waals surface area contributed by atoms with Crippen molar-refractivity contribution in [2.75, 3.05) is 5.75 Å². The van der Waals surface area contributed by atoms with Gasteiger partial charge in [-0.05, 0) is 12.8 Å². The third-order valence-corrected chi connectivity index (χ3v) is 7.91. The van der Waals surface area contributed by atoms with Crippen LogP contribution in [0.25, 0.3) is 0 Å². The first kappa shape index (κ1) is 20.6. The fourth-order valence-corrected chi connectivity index (χ4v) is 6.31. The van der Waals surface area contributed by atoms with Crippen molar-refractivity contribution in [2.24, 2.45) is 0 Å². The van der Waals surface area contributed by atoms with E-state index < -0.39 is 45.2 Å². The largest absolute Gasteiger partial charge is 0.494 e. The van der Waals surface area contributed by atoms with Gasteiger partial charge in [0.25, 0.3) is 4.87 Å². The van der Waals surface area contributed by atoms with Crippen LogP contribution < -0.4 is 10.6 Å². The van der Waals surface area contributed by atoms with Crippen LogP contribution in [0.1, 0.15) is 12.8 Å². The molecule has 7 N–H and O–H groups in total. The molecule has 0 saturated carbocycles. The summed E-state index contributed by atoms with van der Waals surface area (Å²) in [5.41, 5.74) is 0. The molecular weight excluding hydrogens is 418 g/mol. The third-order valence-electron chi connectivity index (χ3n) is 4.99. The zero-order valence-electron chi connectivity index (χ0n) is 14.2. The van der Waals surface area contributed by atoms with Crippen LogP contribution in [0.3, 0.4) is 0 Å². The molecule has 2 unspecified atom stereocenters. The van der Waals surface area contributed by atoms with Crippen LogP contribution in [0, 0.1) is 0 Å². The molecule has 0 aliphatic carbocycles. The van der Waals surface area contributed by atoms with Gasteiger partial charge in [-0.15, -0.1) is 0 Å². The van der Waals surface area contributed by atoms with Crippen molar-refractivity contribution in [3.8, 4) is 11.8 Å². The fraction of sp³-hybridized carbons (Fsp3) is 0.571. The number of carbonyl (C=O) groups excluding carboxylic acids is 1. The zero-order chi connectivity index (χ0) is 20.9. The number of amides is 2. The molecule has 12 nitrogen and oxygen atoms in total. The number of aliphatic carboxylic acids is 1.